The molecule has 3 N–H and O–H groups in total. The lowest BCUT2D eigenvalue weighted by molar-refractivity contribution is 0.0937. The van der Waals surface area contributed by atoms with Gasteiger partial charge in [-0.2, -0.15) is 5.10 Å². The van der Waals surface area contributed by atoms with Crippen LogP contribution < -0.4 is 15.6 Å². The van der Waals surface area contributed by atoms with Crippen LogP contribution >= 0.6 is 0 Å². The average Bonchev–Trinajstić information content (AvgIpc) is 3.05. The molecule has 27 heavy (non-hydrogen) atoms. The monoisotopic (exact) mass is 367 g/mol. The van der Waals surface area contributed by atoms with Crippen LogP contribution in [0, 0.1) is 6.92 Å². The fraction of sp³-hybridized carbons (Fsp3) is 0.263. The molecule has 140 valence electrons. The van der Waals surface area contributed by atoms with E-state index in [2.05, 4.69) is 25.5 Å². The molecule has 1 aromatic carbocycles. The Morgan fingerprint density at radius 3 is 2.74 bits per heavy atom. The van der Waals surface area contributed by atoms with Gasteiger partial charge in [0, 0.05) is 24.4 Å². The Labute approximate surface area is 156 Å². The molecule has 3 aromatic rings. The Morgan fingerprint density at radius 2 is 2.07 bits per heavy atom. The number of H-pyrrole nitrogens is 2. The third-order valence-electron chi connectivity index (χ3n) is 3.87. The second-order valence-corrected chi connectivity index (χ2v) is 6.30. The Kier molecular flexibility index (Phi) is 5.65. The summed E-state index contributed by atoms with van der Waals surface area (Å²) in [5, 5.41) is 9.79. The van der Waals surface area contributed by atoms with Crippen molar-refractivity contribution in [3.63, 3.8) is 0 Å². The van der Waals surface area contributed by atoms with Gasteiger partial charge in [0.25, 0.3) is 11.5 Å². The zero-order valence-corrected chi connectivity index (χ0v) is 15.2. The lowest BCUT2D eigenvalue weighted by Gasteiger charge is -2.12. The molecule has 2 heterocycles. The van der Waals surface area contributed by atoms with Crippen molar-refractivity contribution in [2.75, 3.05) is 0 Å². The third kappa shape index (κ3) is 5.04. The molecule has 0 radical (unpaired) electrons. The SMILES string of the molecule is Cc1cc(C[C@H](C)NC(=O)c2cnc(COc3ccccc3)[nH]c2=O)n[nH]1. The number of ether oxygens (including phenoxy) is 1. The Morgan fingerprint density at radius 1 is 1.30 bits per heavy atom. The zero-order valence-electron chi connectivity index (χ0n) is 15.2. The van der Waals surface area contributed by atoms with E-state index in [4.69, 9.17) is 4.74 Å². The van der Waals surface area contributed by atoms with Gasteiger partial charge in [-0.1, -0.05) is 18.2 Å². The summed E-state index contributed by atoms with van der Waals surface area (Å²) in [4.78, 5) is 31.2. The van der Waals surface area contributed by atoms with E-state index in [1.807, 2.05) is 50.2 Å². The maximum atomic E-state index is 12.3. The van der Waals surface area contributed by atoms with Gasteiger partial charge in [0.2, 0.25) is 0 Å². The first-order chi connectivity index (χ1) is 13.0. The van der Waals surface area contributed by atoms with Crippen molar-refractivity contribution in [2.45, 2.75) is 32.9 Å². The van der Waals surface area contributed by atoms with Crippen LogP contribution in [0.3, 0.4) is 0 Å². The van der Waals surface area contributed by atoms with Gasteiger partial charge in [-0.05, 0) is 32.0 Å². The number of hydrogen-bond donors (Lipinski definition) is 3. The number of hydrogen-bond acceptors (Lipinski definition) is 5. The van der Waals surface area contributed by atoms with Crippen molar-refractivity contribution in [1.82, 2.24) is 25.5 Å². The Hall–Kier alpha value is -3.42. The minimum atomic E-state index is -0.503. The van der Waals surface area contributed by atoms with Crippen LogP contribution in [0.4, 0.5) is 0 Å². The third-order valence-corrected chi connectivity index (χ3v) is 3.87. The number of rotatable bonds is 7. The van der Waals surface area contributed by atoms with E-state index >= 15 is 0 Å². The first-order valence-electron chi connectivity index (χ1n) is 8.59. The highest BCUT2D eigenvalue weighted by atomic mass is 16.5. The van der Waals surface area contributed by atoms with Crippen molar-refractivity contribution in [1.29, 1.82) is 0 Å². The molecule has 1 atom stereocenters. The van der Waals surface area contributed by atoms with Crippen molar-refractivity contribution in [3.05, 3.63) is 75.7 Å². The average molecular weight is 367 g/mol. The minimum Gasteiger partial charge on any atom is -0.486 e. The largest absolute Gasteiger partial charge is 0.486 e. The van der Waals surface area contributed by atoms with E-state index in [0.29, 0.717) is 18.0 Å². The second-order valence-electron chi connectivity index (χ2n) is 6.30. The molecule has 8 heteroatoms. The van der Waals surface area contributed by atoms with Crippen LogP contribution in [0.5, 0.6) is 5.75 Å². The fourth-order valence-corrected chi connectivity index (χ4v) is 2.58. The fourth-order valence-electron chi connectivity index (χ4n) is 2.58. The number of carbonyl (C=O) groups excluding carboxylic acids is 1. The normalized spacial score (nSPS) is 11.8. The molecular formula is C19H21N5O3. The highest BCUT2D eigenvalue weighted by Crippen LogP contribution is 2.09. The quantitative estimate of drug-likeness (QED) is 0.589. The van der Waals surface area contributed by atoms with E-state index in [1.165, 1.54) is 6.20 Å². The van der Waals surface area contributed by atoms with Crippen molar-refractivity contribution in [2.24, 2.45) is 0 Å². The van der Waals surface area contributed by atoms with E-state index in [0.717, 1.165) is 11.4 Å². The molecule has 2 aromatic heterocycles. The number of carbonyl (C=O) groups is 1. The van der Waals surface area contributed by atoms with E-state index in [-0.39, 0.29) is 18.2 Å². The van der Waals surface area contributed by atoms with Gasteiger partial charge < -0.3 is 15.0 Å². The molecule has 0 unspecified atom stereocenters. The van der Waals surface area contributed by atoms with E-state index in [9.17, 15) is 9.59 Å². The lowest BCUT2D eigenvalue weighted by atomic mass is 10.1. The molecule has 0 aliphatic rings. The van der Waals surface area contributed by atoms with Crippen LogP contribution in [0.25, 0.3) is 0 Å². The van der Waals surface area contributed by atoms with Gasteiger partial charge in [-0.3, -0.25) is 14.7 Å². The molecule has 0 aliphatic heterocycles. The van der Waals surface area contributed by atoms with Crippen LogP contribution in [-0.4, -0.2) is 32.1 Å². The predicted molar refractivity (Wildman–Crippen MR) is 99.6 cm³/mol. The zero-order chi connectivity index (χ0) is 19.2. The summed E-state index contributed by atoms with van der Waals surface area (Å²) in [5.74, 6) is 0.545. The Bertz CT molecular complexity index is 965. The molecule has 8 nitrogen and oxygen atoms in total. The molecule has 0 saturated heterocycles. The van der Waals surface area contributed by atoms with Crippen molar-refractivity contribution >= 4 is 5.91 Å². The maximum absolute atomic E-state index is 12.3. The van der Waals surface area contributed by atoms with Crippen LogP contribution in [-0.2, 0) is 13.0 Å². The van der Waals surface area contributed by atoms with E-state index in [1.54, 1.807) is 0 Å². The summed E-state index contributed by atoms with van der Waals surface area (Å²) in [6.45, 7) is 3.87. The summed E-state index contributed by atoms with van der Waals surface area (Å²) in [7, 11) is 0. The number of nitrogens with one attached hydrogen (secondary N) is 3. The van der Waals surface area contributed by atoms with Gasteiger partial charge in [-0.15, -0.1) is 0 Å². The first kappa shape index (κ1) is 18.4. The maximum Gasteiger partial charge on any atom is 0.263 e. The standard InChI is InChI=1S/C19H21N5O3/c1-12(8-14-9-13(2)23-24-14)21-18(25)16-10-20-17(22-19(16)26)11-27-15-6-4-3-5-7-15/h3-7,9-10,12H,8,11H2,1-2H3,(H,21,25)(H,23,24)(H,20,22,26)/t12-/m0/s1. The van der Waals surface area contributed by atoms with E-state index < -0.39 is 11.5 Å². The summed E-state index contributed by atoms with van der Waals surface area (Å²) in [6.07, 6.45) is 1.83. The number of amides is 1. The van der Waals surface area contributed by atoms with Crippen LogP contribution in [0.2, 0.25) is 0 Å². The van der Waals surface area contributed by atoms with Crippen molar-refractivity contribution in [3.8, 4) is 5.75 Å². The van der Waals surface area contributed by atoms with Gasteiger partial charge in [0.15, 0.2) is 0 Å². The smallest absolute Gasteiger partial charge is 0.263 e. The lowest BCUT2D eigenvalue weighted by Crippen LogP contribution is -2.37. The molecule has 0 spiro atoms. The number of aromatic amines is 2. The number of para-hydroxylation sites is 1. The van der Waals surface area contributed by atoms with Gasteiger partial charge in [0.05, 0.1) is 5.69 Å². The highest BCUT2D eigenvalue weighted by molar-refractivity contribution is 5.93. The van der Waals surface area contributed by atoms with Gasteiger partial charge in [-0.25, -0.2) is 4.98 Å². The second kappa shape index (κ2) is 8.31. The molecule has 1 amide bonds. The molecule has 0 fully saturated rings. The highest BCUT2D eigenvalue weighted by Gasteiger charge is 2.15. The molecule has 0 aliphatic carbocycles. The molecule has 0 bridgehead atoms. The summed E-state index contributed by atoms with van der Waals surface area (Å²) in [6, 6.07) is 10.9. The summed E-state index contributed by atoms with van der Waals surface area (Å²) >= 11 is 0. The number of aromatic nitrogens is 4. The van der Waals surface area contributed by atoms with Crippen LogP contribution in [0.1, 0.15) is 34.5 Å². The van der Waals surface area contributed by atoms with Crippen LogP contribution in [0.15, 0.2) is 47.4 Å². The summed E-state index contributed by atoms with van der Waals surface area (Å²) in [5.41, 5.74) is 1.26. The van der Waals surface area contributed by atoms with Gasteiger partial charge in [0.1, 0.15) is 23.7 Å². The first-order valence-corrected chi connectivity index (χ1v) is 8.59. The number of aryl methyl sites for hydroxylation is 1. The Balaban J connectivity index is 1.59. The summed E-state index contributed by atoms with van der Waals surface area (Å²) < 4.78 is 5.54. The number of benzene rings is 1. The predicted octanol–water partition coefficient (Wildman–Crippen LogP) is 1.74. The molecule has 0 saturated carbocycles. The number of nitrogens with zero attached hydrogens (tertiary/aromatic N) is 2. The minimum absolute atomic E-state index is 0.0384. The van der Waals surface area contributed by atoms with Crippen molar-refractivity contribution < 1.29 is 9.53 Å². The van der Waals surface area contributed by atoms with Gasteiger partial charge >= 0.3 is 0 Å². The molecular weight excluding hydrogens is 346 g/mol. The molecule has 3 rings (SSSR count). The topological polar surface area (TPSA) is 113 Å².